The first-order valence-electron chi connectivity index (χ1n) is 9.95. The van der Waals surface area contributed by atoms with E-state index in [0.717, 1.165) is 11.4 Å². The van der Waals surface area contributed by atoms with Crippen molar-refractivity contribution in [3.63, 3.8) is 0 Å². The highest BCUT2D eigenvalue weighted by atomic mass is 35.5. The molecule has 30 heavy (non-hydrogen) atoms. The lowest BCUT2D eigenvalue weighted by molar-refractivity contribution is 0.119. The van der Waals surface area contributed by atoms with Crippen LogP contribution in [0.1, 0.15) is 13.8 Å². The zero-order valence-corrected chi connectivity index (χ0v) is 18.2. The summed E-state index contributed by atoms with van der Waals surface area (Å²) in [5.41, 5.74) is 1.54. The van der Waals surface area contributed by atoms with Crippen molar-refractivity contribution >= 4 is 35.0 Å². The Hall–Kier alpha value is -2.93. The van der Waals surface area contributed by atoms with Gasteiger partial charge in [0.1, 0.15) is 5.75 Å². The molecule has 0 aliphatic carbocycles. The molecule has 7 nitrogen and oxygen atoms in total. The SMILES string of the molecule is COc1ccc(NC(=N)N2CCN(C(=O)Nc3ccc(Cl)cc3)CC2C(C)C)cc1. The number of carbonyl (C=O) groups is 1. The number of carbonyl (C=O) groups excluding carboxylic acids is 1. The summed E-state index contributed by atoms with van der Waals surface area (Å²) >= 11 is 5.91. The van der Waals surface area contributed by atoms with E-state index in [1.165, 1.54) is 0 Å². The van der Waals surface area contributed by atoms with E-state index < -0.39 is 0 Å². The van der Waals surface area contributed by atoms with Gasteiger partial charge in [-0.2, -0.15) is 0 Å². The van der Waals surface area contributed by atoms with Crippen LogP contribution in [0, 0.1) is 11.3 Å². The molecule has 0 spiro atoms. The standard InChI is InChI=1S/C22H28ClN5O2/c1-15(2)20-14-27(22(29)26-18-6-4-16(23)5-7-18)12-13-28(20)21(24)25-17-8-10-19(30-3)11-9-17/h4-11,15,20H,12-14H2,1-3H3,(H2,24,25)(H,26,29). The zero-order chi connectivity index (χ0) is 21.7. The summed E-state index contributed by atoms with van der Waals surface area (Å²) in [7, 11) is 1.63. The van der Waals surface area contributed by atoms with Crippen molar-refractivity contribution in [3.8, 4) is 5.75 Å². The highest BCUT2D eigenvalue weighted by Gasteiger charge is 2.33. The Balaban J connectivity index is 1.63. The topological polar surface area (TPSA) is 80.7 Å². The Morgan fingerprint density at radius 2 is 1.67 bits per heavy atom. The molecule has 2 amide bonds. The summed E-state index contributed by atoms with van der Waals surface area (Å²) in [6.45, 7) is 5.88. The largest absolute Gasteiger partial charge is 0.497 e. The van der Waals surface area contributed by atoms with Crippen LogP contribution in [0.2, 0.25) is 5.02 Å². The molecule has 0 aromatic heterocycles. The molecule has 160 valence electrons. The van der Waals surface area contributed by atoms with Crippen LogP contribution in [0.15, 0.2) is 48.5 Å². The molecule has 0 saturated carbocycles. The fourth-order valence-corrected chi connectivity index (χ4v) is 3.59. The van der Waals surface area contributed by atoms with Crippen molar-refractivity contribution in [1.29, 1.82) is 5.41 Å². The summed E-state index contributed by atoms with van der Waals surface area (Å²) in [5.74, 6) is 1.37. The van der Waals surface area contributed by atoms with E-state index in [4.69, 9.17) is 21.7 Å². The number of methoxy groups -OCH3 is 1. The molecule has 3 rings (SSSR count). The van der Waals surface area contributed by atoms with Crippen LogP contribution >= 0.6 is 11.6 Å². The third-order valence-corrected chi connectivity index (χ3v) is 5.46. The van der Waals surface area contributed by atoms with Crippen molar-refractivity contribution in [2.45, 2.75) is 19.9 Å². The minimum atomic E-state index is -0.141. The van der Waals surface area contributed by atoms with Crippen LogP contribution in [0.5, 0.6) is 5.75 Å². The Morgan fingerprint density at radius 1 is 1.07 bits per heavy atom. The summed E-state index contributed by atoms with van der Waals surface area (Å²) in [6, 6.07) is 14.4. The van der Waals surface area contributed by atoms with Crippen LogP contribution in [-0.2, 0) is 0 Å². The van der Waals surface area contributed by atoms with Crippen molar-refractivity contribution in [1.82, 2.24) is 9.80 Å². The summed E-state index contributed by atoms with van der Waals surface area (Å²) in [6.07, 6.45) is 0. The first-order chi connectivity index (χ1) is 14.4. The lowest BCUT2D eigenvalue weighted by Gasteiger charge is -2.44. The van der Waals surface area contributed by atoms with Crippen molar-refractivity contribution in [2.75, 3.05) is 37.4 Å². The molecule has 1 atom stereocenters. The monoisotopic (exact) mass is 429 g/mol. The first-order valence-corrected chi connectivity index (χ1v) is 10.3. The fraction of sp³-hybridized carbons (Fsp3) is 0.364. The molecule has 1 unspecified atom stereocenters. The highest BCUT2D eigenvalue weighted by molar-refractivity contribution is 6.30. The zero-order valence-electron chi connectivity index (χ0n) is 17.5. The average Bonchev–Trinajstić information content (AvgIpc) is 2.75. The van der Waals surface area contributed by atoms with Gasteiger partial charge in [-0.1, -0.05) is 25.4 Å². The number of anilines is 2. The number of nitrogens with one attached hydrogen (secondary N) is 3. The van der Waals surface area contributed by atoms with E-state index in [1.807, 2.05) is 29.2 Å². The quantitative estimate of drug-likeness (QED) is 0.491. The van der Waals surface area contributed by atoms with Gasteiger partial charge in [-0.05, 0) is 54.4 Å². The maximum atomic E-state index is 12.7. The molecule has 2 aromatic rings. The van der Waals surface area contributed by atoms with Crippen LogP contribution in [0.3, 0.4) is 0 Å². The molecule has 1 aliphatic heterocycles. The van der Waals surface area contributed by atoms with Gasteiger partial charge in [-0.3, -0.25) is 5.41 Å². The van der Waals surface area contributed by atoms with Gasteiger partial charge in [0.15, 0.2) is 5.96 Å². The van der Waals surface area contributed by atoms with E-state index in [2.05, 4.69) is 24.5 Å². The number of urea groups is 1. The van der Waals surface area contributed by atoms with E-state index in [1.54, 1.807) is 36.3 Å². The number of guanidine groups is 1. The number of nitrogens with zero attached hydrogens (tertiary/aromatic N) is 2. The van der Waals surface area contributed by atoms with E-state index in [9.17, 15) is 4.79 Å². The van der Waals surface area contributed by atoms with Crippen LogP contribution in [0.25, 0.3) is 0 Å². The number of halogens is 1. The second-order valence-electron chi connectivity index (χ2n) is 7.59. The summed E-state index contributed by atoms with van der Waals surface area (Å²) < 4.78 is 5.18. The van der Waals surface area contributed by atoms with Crippen molar-refractivity contribution in [2.24, 2.45) is 5.92 Å². The second kappa shape index (κ2) is 9.71. The van der Waals surface area contributed by atoms with Crippen LogP contribution in [0.4, 0.5) is 16.2 Å². The number of piperazine rings is 1. The number of hydrogen-bond donors (Lipinski definition) is 3. The number of rotatable bonds is 4. The second-order valence-corrected chi connectivity index (χ2v) is 8.03. The van der Waals surface area contributed by atoms with Gasteiger partial charge in [0.05, 0.1) is 13.2 Å². The minimum absolute atomic E-state index is 0.0352. The Morgan fingerprint density at radius 3 is 2.27 bits per heavy atom. The Bertz CT molecular complexity index is 870. The van der Waals surface area contributed by atoms with E-state index in [-0.39, 0.29) is 18.0 Å². The number of amides is 2. The molecule has 3 N–H and O–H groups in total. The summed E-state index contributed by atoms with van der Waals surface area (Å²) in [4.78, 5) is 16.6. The third kappa shape index (κ3) is 5.36. The smallest absolute Gasteiger partial charge is 0.321 e. The maximum Gasteiger partial charge on any atom is 0.321 e. The number of benzene rings is 2. The van der Waals surface area contributed by atoms with Crippen molar-refractivity contribution < 1.29 is 9.53 Å². The van der Waals surface area contributed by atoms with Gasteiger partial charge in [-0.25, -0.2) is 4.79 Å². The molecule has 0 radical (unpaired) electrons. The molecule has 1 heterocycles. The Kier molecular flexibility index (Phi) is 7.05. The number of hydrogen-bond acceptors (Lipinski definition) is 3. The third-order valence-electron chi connectivity index (χ3n) is 5.21. The van der Waals surface area contributed by atoms with Gasteiger partial charge in [-0.15, -0.1) is 0 Å². The van der Waals surface area contributed by atoms with E-state index >= 15 is 0 Å². The fourth-order valence-electron chi connectivity index (χ4n) is 3.46. The van der Waals surface area contributed by atoms with Gasteiger partial charge in [0, 0.05) is 36.0 Å². The predicted octanol–water partition coefficient (Wildman–Crippen LogP) is 4.57. The maximum absolute atomic E-state index is 12.7. The molecule has 2 aromatic carbocycles. The molecule has 8 heteroatoms. The molecular formula is C22H28ClN5O2. The lowest BCUT2D eigenvalue weighted by Crippen LogP contribution is -2.60. The molecule has 1 fully saturated rings. The number of ether oxygens (including phenoxy) is 1. The highest BCUT2D eigenvalue weighted by Crippen LogP contribution is 2.21. The molecule has 1 aliphatic rings. The molecule has 1 saturated heterocycles. The van der Waals surface area contributed by atoms with E-state index in [0.29, 0.717) is 36.3 Å². The molecular weight excluding hydrogens is 402 g/mol. The lowest BCUT2D eigenvalue weighted by atomic mass is 10.00. The van der Waals surface area contributed by atoms with Gasteiger partial charge in [0.2, 0.25) is 0 Å². The first kappa shape index (κ1) is 21.8. The van der Waals surface area contributed by atoms with Crippen molar-refractivity contribution in [3.05, 3.63) is 53.6 Å². The predicted molar refractivity (Wildman–Crippen MR) is 122 cm³/mol. The van der Waals surface area contributed by atoms with Gasteiger partial charge in [0.25, 0.3) is 0 Å². The summed E-state index contributed by atoms with van der Waals surface area (Å²) in [5, 5.41) is 15.3. The van der Waals surface area contributed by atoms with Gasteiger partial charge < -0.3 is 25.2 Å². The average molecular weight is 430 g/mol. The Labute approximate surface area is 182 Å². The van der Waals surface area contributed by atoms with Crippen LogP contribution in [-0.4, -0.2) is 54.6 Å². The normalized spacial score (nSPS) is 16.4. The van der Waals surface area contributed by atoms with Gasteiger partial charge >= 0.3 is 6.03 Å². The van der Waals surface area contributed by atoms with Crippen LogP contribution < -0.4 is 15.4 Å². The minimum Gasteiger partial charge on any atom is -0.497 e. The molecule has 0 bridgehead atoms.